The molecule has 2 unspecified atom stereocenters. The van der Waals surface area contributed by atoms with Gasteiger partial charge in [0.2, 0.25) is 0 Å². The fourth-order valence-electron chi connectivity index (χ4n) is 3.22. The average Bonchev–Trinajstić information content (AvgIpc) is 2.91. The number of rotatable bonds is 2. The summed E-state index contributed by atoms with van der Waals surface area (Å²) in [6.07, 6.45) is -0.280. The molecule has 6 nitrogen and oxygen atoms in total. The van der Waals surface area contributed by atoms with Crippen LogP contribution in [-0.2, 0) is 0 Å². The summed E-state index contributed by atoms with van der Waals surface area (Å²) in [4.78, 5) is 0. The van der Waals surface area contributed by atoms with E-state index in [0.717, 1.165) is 11.1 Å². The van der Waals surface area contributed by atoms with Crippen molar-refractivity contribution in [3.8, 4) is 34.5 Å². The normalized spacial score (nSPS) is 20.6. The molecule has 0 bridgehead atoms. The molecule has 0 fully saturated rings. The minimum absolute atomic E-state index is 0.0375. The van der Waals surface area contributed by atoms with Gasteiger partial charge in [-0.1, -0.05) is 0 Å². The highest BCUT2D eigenvalue weighted by Crippen LogP contribution is 2.54. The number of hydrogen-bond donors (Lipinski definition) is 2. The lowest BCUT2D eigenvalue weighted by Crippen LogP contribution is -2.23. The van der Waals surface area contributed by atoms with Crippen LogP contribution in [0.1, 0.15) is 23.1 Å². The lowest BCUT2D eigenvalue weighted by molar-refractivity contribution is 0.138. The minimum atomic E-state index is -0.280. The van der Waals surface area contributed by atoms with E-state index in [0.29, 0.717) is 29.6 Å². The van der Waals surface area contributed by atoms with Crippen molar-refractivity contribution in [2.45, 2.75) is 12.0 Å². The zero-order valence-corrected chi connectivity index (χ0v) is 12.7. The molecule has 2 aromatic carbocycles. The molecule has 2 aliphatic heterocycles. The maximum absolute atomic E-state index is 10.0. The van der Waals surface area contributed by atoms with Crippen LogP contribution in [0.2, 0.25) is 0 Å². The summed E-state index contributed by atoms with van der Waals surface area (Å²) in [5.74, 6) is 2.06. The Labute approximate surface area is 132 Å². The van der Waals surface area contributed by atoms with Crippen LogP contribution in [0.5, 0.6) is 34.5 Å². The van der Waals surface area contributed by atoms with Gasteiger partial charge in [-0.3, -0.25) is 0 Å². The van der Waals surface area contributed by atoms with Crippen molar-refractivity contribution in [3.63, 3.8) is 0 Å². The number of fused-ring (bicyclic) bond motifs is 5. The first-order valence-corrected chi connectivity index (χ1v) is 7.23. The molecular formula is C17H16O6. The topological polar surface area (TPSA) is 77.4 Å². The molecule has 0 amide bonds. The molecule has 0 spiro atoms. The van der Waals surface area contributed by atoms with Gasteiger partial charge in [0.05, 0.1) is 26.7 Å². The molecule has 0 saturated carbocycles. The molecule has 2 aromatic rings. The van der Waals surface area contributed by atoms with Gasteiger partial charge in [0, 0.05) is 23.3 Å². The summed E-state index contributed by atoms with van der Waals surface area (Å²) < 4.78 is 22.1. The zero-order valence-electron chi connectivity index (χ0n) is 12.7. The number of hydrogen-bond acceptors (Lipinski definition) is 6. The third-order valence-electron chi connectivity index (χ3n) is 4.37. The quantitative estimate of drug-likeness (QED) is 0.887. The summed E-state index contributed by atoms with van der Waals surface area (Å²) in [7, 11) is 2.98. The van der Waals surface area contributed by atoms with E-state index in [-0.39, 0.29) is 23.5 Å². The fraction of sp³-hybridized carbons (Fsp3) is 0.294. The molecule has 0 radical (unpaired) electrons. The van der Waals surface area contributed by atoms with Gasteiger partial charge in [0.15, 0.2) is 23.0 Å². The first-order chi connectivity index (χ1) is 11.1. The van der Waals surface area contributed by atoms with Crippen molar-refractivity contribution in [3.05, 3.63) is 35.4 Å². The third-order valence-corrected chi connectivity index (χ3v) is 4.37. The molecule has 2 N–H and O–H groups in total. The second kappa shape index (κ2) is 4.87. The first kappa shape index (κ1) is 13.9. The molecule has 23 heavy (non-hydrogen) atoms. The van der Waals surface area contributed by atoms with Gasteiger partial charge >= 0.3 is 0 Å². The average molecular weight is 316 g/mol. The Balaban J connectivity index is 1.79. The monoisotopic (exact) mass is 316 g/mol. The largest absolute Gasteiger partial charge is 0.504 e. The number of phenolic OH excluding ortho intramolecular Hbond substituents is 2. The van der Waals surface area contributed by atoms with Crippen molar-refractivity contribution < 1.29 is 29.2 Å². The lowest BCUT2D eigenvalue weighted by atomic mass is 9.89. The van der Waals surface area contributed by atoms with Gasteiger partial charge in [-0.05, 0) is 12.1 Å². The second-order valence-electron chi connectivity index (χ2n) is 5.58. The Hall–Kier alpha value is -2.76. The smallest absolute Gasteiger partial charge is 0.164 e. The summed E-state index contributed by atoms with van der Waals surface area (Å²) in [5, 5.41) is 20.0. The van der Waals surface area contributed by atoms with Crippen molar-refractivity contribution in [1.29, 1.82) is 0 Å². The Bertz CT molecular complexity index is 785. The molecule has 6 heteroatoms. The van der Waals surface area contributed by atoms with E-state index in [4.69, 9.17) is 18.9 Å². The van der Waals surface area contributed by atoms with Gasteiger partial charge in [0.25, 0.3) is 0 Å². The van der Waals surface area contributed by atoms with Crippen LogP contribution < -0.4 is 18.9 Å². The minimum Gasteiger partial charge on any atom is -0.504 e. The molecule has 2 heterocycles. The van der Waals surface area contributed by atoms with Crippen LogP contribution in [0.15, 0.2) is 24.3 Å². The van der Waals surface area contributed by atoms with Crippen LogP contribution in [0, 0.1) is 0 Å². The van der Waals surface area contributed by atoms with Crippen LogP contribution in [0.4, 0.5) is 0 Å². The van der Waals surface area contributed by atoms with E-state index in [1.807, 2.05) is 0 Å². The number of benzene rings is 2. The molecule has 0 aromatic heterocycles. The van der Waals surface area contributed by atoms with Crippen LogP contribution in [-0.4, -0.2) is 31.0 Å². The molecular weight excluding hydrogens is 300 g/mol. The van der Waals surface area contributed by atoms with Gasteiger partial charge in [-0.2, -0.15) is 0 Å². The highest BCUT2D eigenvalue weighted by molar-refractivity contribution is 5.58. The lowest BCUT2D eigenvalue weighted by Gasteiger charge is -2.28. The molecule has 120 valence electrons. The predicted octanol–water partition coefficient (Wildman–Crippen LogP) is 2.72. The SMILES string of the molecule is COc1cc2c(cc1O)C1COc3cc(OC)c(O)cc3C1O2. The van der Waals surface area contributed by atoms with Gasteiger partial charge < -0.3 is 29.2 Å². The number of ether oxygens (including phenoxy) is 4. The van der Waals surface area contributed by atoms with E-state index >= 15 is 0 Å². The van der Waals surface area contributed by atoms with Crippen LogP contribution in [0.25, 0.3) is 0 Å². The number of aromatic hydroxyl groups is 2. The first-order valence-electron chi connectivity index (χ1n) is 7.23. The molecule has 0 aliphatic carbocycles. The van der Waals surface area contributed by atoms with Crippen LogP contribution >= 0.6 is 0 Å². The Kier molecular flexibility index (Phi) is 2.94. The Morgan fingerprint density at radius 2 is 1.52 bits per heavy atom. The van der Waals surface area contributed by atoms with E-state index in [1.54, 1.807) is 24.3 Å². The predicted molar refractivity (Wildman–Crippen MR) is 80.9 cm³/mol. The standard InChI is InChI=1S/C17H16O6/c1-20-15-5-13-9(4-12(15)19)17-10(7-22-13)8-3-11(18)16(21-2)6-14(8)23-17/h3-6,10,17-19H,7H2,1-2H3. The summed E-state index contributed by atoms with van der Waals surface area (Å²) in [6, 6.07) is 6.59. The van der Waals surface area contributed by atoms with Crippen LogP contribution in [0.3, 0.4) is 0 Å². The Morgan fingerprint density at radius 1 is 0.913 bits per heavy atom. The maximum Gasteiger partial charge on any atom is 0.164 e. The summed E-state index contributed by atoms with van der Waals surface area (Å²) >= 11 is 0. The molecule has 2 atom stereocenters. The van der Waals surface area contributed by atoms with Crippen molar-refractivity contribution >= 4 is 0 Å². The van der Waals surface area contributed by atoms with Gasteiger partial charge in [-0.15, -0.1) is 0 Å². The molecule has 2 aliphatic rings. The summed E-state index contributed by atoms with van der Waals surface area (Å²) in [5.41, 5.74) is 1.63. The Morgan fingerprint density at radius 3 is 2.17 bits per heavy atom. The second-order valence-corrected chi connectivity index (χ2v) is 5.58. The van der Waals surface area contributed by atoms with Gasteiger partial charge in [-0.25, -0.2) is 0 Å². The number of phenols is 2. The van der Waals surface area contributed by atoms with E-state index in [9.17, 15) is 10.2 Å². The van der Waals surface area contributed by atoms with Gasteiger partial charge in [0.1, 0.15) is 17.6 Å². The highest BCUT2D eigenvalue weighted by Gasteiger charge is 2.42. The number of methoxy groups -OCH3 is 2. The molecule has 0 saturated heterocycles. The highest BCUT2D eigenvalue weighted by atomic mass is 16.5. The maximum atomic E-state index is 10.0. The van der Waals surface area contributed by atoms with Crippen molar-refractivity contribution in [2.75, 3.05) is 20.8 Å². The third kappa shape index (κ3) is 1.94. The van der Waals surface area contributed by atoms with E-state index < -0.39 is 0 Å². The van der Waals surface area contributed by atoms with Crippen molar-refractivity contribution in [1.82, 2.24) is 0 Å². The molecule has 4 rings (SSSR count). The fourth-order valence-corrected chi connectivity index (χ4v) is 3.22. The zero-order chi connectivity index (χ0) is 16.1. The summed E-state index contributed by atoms with van der Waals surface area (Å²) in [6.45, 7) is 0.421. The van der Waals surface area contributed by atoms with E-state index in [1.165, 1.54) is 14.2 Å². The van der Waals surface area contributed by atoms with Crippen molar-refractivity contribution in [2.24, 2.45) is 0 Å². The van der Waals surface area contributed by atoms with E-state index in [2.05, 4.69) is 0 Å².